The minimum atomic E-state index is -1.33. The Kier molecular flexibility index (Phi) is 2.65. The predicted octanol–water partition coefficient (Wildman–Crippen LogP) is 2.16. The Balaban J connectivity index is 2.45. The van der Waals surface area contributed by atoms with Crippen molar-refractivity contribution in [1.82, 2.24) is 0 Å². The van der Waals surface area contributed by atoms with Crippen molar-refractivity contribution in [2.75, 3.05) is 13.7 Å². The molecule has 0 heterocycles. The number of aryl methyl sites for hydroxylation is 1. The summed E-state index contributed by atoms with van der Waals surface area (Å²) in [5, 5.41) is 0. The molecule has 1 aliphatic carbocycles. The van der Waals surface area contributed by atoms with Gasteiger partial charge in [-0.2, -0.15) is 0 Å². The SMILES string of the molecule is COc1ccc2c(c1)CCCC2(F)CN. The van der Waals surface area contributed by atoms with E-state index < -0.39 is 5.67 Å². The van der Waals surface area contributed by atoms with Crippen molar-refractivity contribution < 1.29 is 9.13 Å². The van der Waals surface area contributed by atoms with Crippen LogP contribution in [0, 0.1) is 0 Å². The van der Waals surface area contributed by atoms with Crippen LogP contribution in [0.3, 0.4) is 0 Å². The molecule has 2 nitrogen and oxygen atoms in total. The van der Waals surface area contributed by atoms with Gasteiger partial charge in [0, 0.05) is 6.54 Å². The van der Waals surface area contributed by atoms with Gasteiger partial charge in [0.05, 0.1) is 7.11 Å². The summed E-state index contributed by atoms with van der Waals surface area (Å²) in [5.41, 5.74) is 5.97. The number of alkyl halides is 1. The minimum absolute atomic E-state index is 0.0618. The van der Waals surface area contributed by atoms with Crippen LogP contribution in [0.15, 0.2) is 18.2 Å². The van der Waals surface area contributed by atoms with Crippen molar-refractivity contribution in [2.45, 2.75) is 24.9 Å². The second-order valence-electron chi connectivity index (χ2n) is 4.05. The maximum absolute atomic E-state index is 14.4. The van der Waals surface area contributed by atoms with Gasteiger partial charge >= 0.3 is 0 Å². The summed E-state index contributed by atoms with van der Waals surface area (Å²) in [6.07, 6.45) is 2.30. The number of rotatable bonds is 2. The van der Waals surface area contributed by atoms with E-state index in [1.54, 1.807) is 19.2 Å². The summed E-state index contributed by atoms with van der Waals surface area (Å²) in [6, 6.07) is 5.52. The van der Waals surface area contributed by atoms with Gasteiger partial charge in [0.15, 0.2) is 0 Å². The maximum atomic E-state index is 14.4. The van der Waals surface area contributed by atoms with E-state index in [9.17, 15) is 4.39 Å². The quantitative estimate of drug-likeness (QED) is 0.810. The van der Waals surface area contributed by atoms with E-state index in [0.29, 0.717) is 6.42 Å². The third kappa shape index (κ3) is 1.72. The lowest BCUT2D eigenvalue weighted by molar-refractivity contribution is 0.146. The van der Waals surface area contributed by atoms with Crippen LogP contribution < -0.4 is 10.5 Å². The summed E-state index contributed by atoms with van der Waals surface area (Å²) in [5.74, 6) is 0.787. The van der Waals surface area contributed by atoms with Gasteiger partial charge in [-0.25, -0.2) is 4.39 Å². The lowest BCUT2D eigenvalue weighted by Gasteiger charge is -2.31. The topological polar surface area (TPSA) is 35.2 Å². The van der Waals surface area contributed by atoms with Gasteiger partial charge in [0.25, 0.3) is 0 Å². The molecule has 82 valence electrons. The van der Waals surface area contributed by atoms with Crippen LogP contribution >= 0.6 is 0 Å². The number of hydrogen-bond donors (Lipinski definition) is 1. The highest BCUT2D eigenvalue weighted by atomic mass is 19.1. The number of fused-ring (bicyclic) bond motifs is 1. The fourth-order valence-electron chi connectivity index (χ4n) is 2.25. The molecular weight excluding hydrogens is 193 g/mol. The van der Waals surface area contributed by atoms with Gasteiger partial charge in [-0.05, 0) is 42.5 Å². The Morgan fingerprint density at radius 3 is 3.00 bits per heavy atom. The summed E-state index contributed by atoms with van der Waals surface area (Å²) >= 11 is 0. The van der Waals surface area contributed by atoms with E-state index in [1.165, 1.54) is 0 Å². The molecule has 1 aromatic rings. The van der Waals surface area contributed by atoms with Gasteiger partial charge in [0.2, 0.25) is 0 Å². The summed E-state index contributed by atoms with van der Waals surface area (Å²) in [4.78, 5) is 0. The number of nitrogens with two attached hydrogens (primary N) is 1. The molecule has 1 aromatic carbocycles. The van der Waals surface area contributed by atoms with Crippen molar-refractivity contribution in [3.05, 3.63) is 29.3 Å². The molecule has 2 rings (SSSR count). The first-order valence-electron chi connectivity index (χ1n) is 5.26. The molecule has 0 aliphatic heterocycles. The molecule has 15 heavy (non-hydrogen) atoms. The molecule has 3 heteroatoms. The smallest absolute Gasteiger partial charge is 0.148 e. The molecule has 0 radical (unpaired) electrons. The van der Waals surface area contributed by atoms with Gasteiger partial charge in [-0.15, -0.1) is 0 Å². The van der Waals surface area contributed by atoms with Crippen molar-refractivity contribution >= 4 is 0 Å². The minimum Gasteiger partial charge on any atom is -0.497 e. The molecule has 0 saturated heterocycles. The molecule has 0 amide bonds. The van der Waals surface area contributed by atoms with Crippen LogP contribution in [0.5, 0.6) is 5.75 Å². The van der Waals surface area contributed by atoms with Crippen LogP contribution in [-0.4, -0.2) is 13.7 Å². The van der Waals surface area contributed by atoms with E-state index in [1.807, 2.05) is 6.07 Å². The zero-order valence-electron chi connectivity index (χ0n) is 8.92. The molecule has 1 atom stereocenters. The van der Waals surface area contributed by atoms with E-state index in [4.69, 9.17) is 10.5 Å². The van der Waals surface area contributed by atoms with Crippen molar-refractivity contribution in [3.8, 4) is 5.75 Å². The Morgan fingerprint density at radius 2 is 2.33 bits per heavy atom. The van der Waals surface area contributed by atoms with Crippen LogP contribution in [0.1, 0.15) is 24.0 Å². The third-order valence-corrected chi connectivity index (χ3v) is 3.14. The fraction of sp³-hybridized carbons (Fsp3) is 0.500. The fourth-order valence-corrected chi connectivity index (χ4v) is 2.25. The monoisotopic (exact) mass is 209 g/mol. The highest BCUT2D eigenvalue weighted by Crippen LogP contribution is 2.39. The number of methoxy groups -OCH3 is 1. The average Bonchev–Trinajstić information content (AvgIpc) is 2.29. The first-order valence-corrected chi connectivity index (χ1v) is 5.26. The highest BCUT2D eigenvalue weighted by Gasteiger charge is 2.35. The molecule has 0 aromatic heterocycles. The summed E-state index contributed by atoms with van der Waals surface area (Å²) < 4.78 is 19.5. The Labute approximate surface area is 89.2 Å². The molecule has 0 fully saturated rings. The largest absolute Gasteiger partial charge is 0.497 e. The molecular formula is C12H16FNO. The van der Waals surface area contributed by atoms with E-state index in [0.717, 1.165) is 29.7 Å². The first-order chi connectivity index (χ1) is 7.19. The molecule has 0 spiro atoms. The zero-order valence-corrected chi connectivity index (χ0v) is 8.92. The van der Waals surface area contributed by atoms with Crippen LogP contribution in [0.2, 0.25) is 0 Å². The standard InChI is InChI=1S/C12H16FNO/c1-15-10-4-5-11-9(7-10)3-2-6-12(11,13)8-14/h4-5,7H,2-3,6,8,14H2,1H3. The number of hydrogen-bond acceptors (Lipinski definition) is 2. The van der Waals surface area contributed by atoms with Gasteiger partial charge in [-0.3, -0.25) is 0 Å². The van der Waals surface area contributed by atoms with Crippen molar-refractivity contribution in [2.24, 2.45) is 5.73 Å². The molecule has 0 saturated carbocycles. The van der Waals surface area contributed by atoms with Crippen LogP contribution in [0.4, 0.5) is 4.39 Å². The van der Waals surface area contributed by atoms with Gasteiger partial charge in [0.1, 0.15) is 11.4 Å². The average molecular weight is 209 g/mol. The summed E-state index contributed by atoms with van der Waals surface area (Å²) in [7, 11) is 1.62. The van der Waals surface area contributed by atoms with Crippen LogP contribution in [0.25, 0.3) is 0 Å². The normalized spacial score (nSPS) is 24.7. The third-order valence-electron chi connectivity index (χ3n) is 3.14. The Hall–Kier alpha value is -1.09. The van der Waals surface area contributed by atoms with E-state index in [-0.39, 0.29) is 6.54 Å². The molecule has 0 bridgehead atoms. The van der Waals surface area contributed by atoms with E-state index >= 15 is 0 Å². The Bertz CT molecular complexity index is 367. The van der Waals surface area contributed by atoms with Crippen molar-refractivity contribution in [3.63, 3.8) is 0 Å². The first kappa shape index (κ1) is 10.4. The molecule has 1 unspecified atom stereocenters. The molecule has 1 aliphatic rings. The van der Waals surface area contributed by atoms with Gasteiger partial charge in [-0.1, -0.05) is 6.07 Å². The number of halogens is 1. The lowest BCUT2D eigenvalue weighted by Crippen LogP contribution is -2.34. The number of ether oxygens (including phenoxy) is 1. The second kappa shape index (κ2) is 3.81. The Morgan fingerprint density at radius 1 is 1.53 bits per heavy atom. The maximum Gasteiger partial charge on any atom is 0.148 e. The second-order valence-corrected chi connectivity index (χ2v) is 4.05. The predicted molar refractivity (Wildman–Crippen MR) is 57.8 cm³/mol. The zero-order chi connectivity index (χ0) is 10.9. The van der Waals surface area contributed by atoms with E-state index in [2.05, 4.69) is 0 Å². The highest BCUT2D eigenvalue weighted by molar-refractivity contribution is 5.41. The van der Waals surface area contributed by atoms with Crippen molar-refractivity contribution in [1.29, 1.82) is 0 Å². The lowest BCUT2D eigenvalue weighted by atomic mass is 9.80. The van der Waals surface area contributed by atoms with Gasteiger partial charge < -0.3 is 10.5 Å². The number of benzene rings is 1. The van der Waals surface area contributed by atoms with Crippen LogP contribution in [-0.2, 0) is 12.1 Å². The summed E-state index contributed by atoms with van der Waals surface area (Å²) in [6.45, 7) is 0.0618. The molecule has 2 N–H and O–H groups in total.